The molecule has 1 aliphatic rings. The molecule has 0 aromatic heterocycles. The molecule has 43 heavy (non-hydrogen) atoms. The molecule has 4 rings (SSSR count). The molecule has 12 heteroatoms. The number of ether oxygens (including phenoxy) is 4. The quantitative estimate of drug-likeness (QED) is 0.224. The number of hydrogen-bond acceptors (Lipinski definition) is 8. The summed E-state index contributed by atoms with van der Waals surface area (Å²) in [5.41, 5.74) is 2.99. The third-order valence-electron chi connectivity index (χ3n) is 7.06. The maximum absolute atomic E-state index is 13.4. The number of amides is 2. The van der Waals surface area contributed by atoms with E-state index >= 15 is 0 Å². The molecule has 0 saturated heterocycles. The highest BCUT2D eigenvalue weighted by molar-refractivity contribution is 14.1. The number of esters is 1. The average Bonchev–Trinajstić information content (AvgIpc) is 3.01. The van der Waals surface area contributed by atoms with Gasteiger partial charge in [0.1, 0.15) is 11.8 Å². The van der Waals surface area contributed by atoms with Gasteiger partial charge in [-0.25, -0.2) is 9.59 Å². The van der Waals surface area contributed by atoms with E-state index in [9.17, 15) is 19.6 Å². The van der Waals surface area contributed by atoms with Crippen molar-refractivity contribution in [3.63, 3.8) is 0 Å². The minimum atomic E-state index is -0.923. The number of fused-ring (bicyclic) bond motifs is 1. The van der Waals surface area contributed by atoms with E-state index in [1.54, 1.807) is 42.3 Å². The Kier molecular flexibility index (Phi) is 11.1. The molecule has 0 spiro atoms. The highest BCUT2D eigenvalue weighted by Crippen LogP contribution is 2.40. The zero-order chi connectivity index (χ0) is 31.1. The smallest absolute Gasteiger partial charge is 0.415 e. The summed E-state index contributed by atoms with van der Waals surface area (Å²) in [6.45, 7) is 0.364. The molecular weight excluding hydrogens is 780 g/mol. The van der Waals surface area contributed by atoms with Gasteiger partial charge >= 0.3 is 12.1 Å². The molecule has 2 amide bonds. The Hall–Kier alpha value is -3.58. The molecule has 0 bridgehead atoms. The Morgan fingerprint density at radius 1 is 1.00 bits per heavy atom. The molecule has 0 saturated carbocycles. The molecule has 1 unspecified atom stereocenters. The van der Waals surface area contributed by atoms with Crippen LogP contribution < -0.4 is 19.5 Å². The van der Waals surface area contributed by atoms with Crippen molar-refractivity contribution < 1.29 is 33.3 Å². The van der Waals surface area contributed by atoms with E-state index in [0.717, 1.165) is 20.3 Å². The second-order valence-corrected chi connectivity index (χ2v) is 11.9. The number of carbonyl (C=O) groups excluding carboxylic acids is 3. The summed E-state index contributed by atoms with van der Waals surface area (Å²) in [6, 6.07) is 16.7. The van der Waals surface area contributed by atoms with Crippen molar-refractivity contribution in [1.29, 1.82) is 5.26 Å². The van der Waals surface area contributed by atoms with Crippen LogP contribution >= 0.6 is 45.2 Å². The predicted molar refractivity (Wildman–Crippen MR) is 174 cm³/mol. The first kappa shape index (κ1) is 32.3. The maximum Gasteiger partial charge on any atom is 0.415 e. The van der Waals surface area contributed by atoms with E-state index in [4.69, 9.17) is 18.9 Å². The predicted octanol–water partition coefficient (Wildman–Crippen LogP) is 5.44. The van der Waals surface area contributed by atoms with Gasteiger partial charge in [0.05, 0.1) is 49.0 Å². The van der Waals surface area contributed by atoms with Gasteiger partial charge < -0.3 is 24.3 Å². The Bertz CT molecular complexity index is 1570. The van der Waals surface area contributed by atoms with E-state index in [1.807, 2.05) is 24.3 Å². The van der Waals surface area contributed by atoms with Crippen LogP contribution in [0.2, 0.25) is 0 Å². The molecule has 0 fully saturated rings. The number of hydrogen-bond donors (Lipinski definition) is 1. The number of carbonyl (C=O) groups is 3. The van der Waals surface area contributed by atoms with Crippen LogP contribution in [-0.4, -0.2) is 56.8 Å². The number of nitrogens with one attached hydrogen (secondary N) is 1. The summed E-state index contributed by atoms with van der Waals surface area (Å²) in [4.78, 5) is 40.4. The SMILES string of the molecule is COC(=O)[C@H](Cc1ccc(OC(=O)N2CCc3cc(OC)c(OC)cc3C2CC#N)c(I)c1)NC(=O)c1ccccc1I. The summed E-state index contributed by atoms with van der Waals surface area (Å²) in [5, 5.41) is 12.3. The number of rotatable bonds is 9. The van der Waals surface area contributed by atoms with Crippen molar-refractivity contribution in [2.75, 3.05) is 27.9 Å². The highest BCUT2D eigenvalue weighted by atomic mass is 127. The van der Waals surface area contributed by atoms with Gasteiger partial charge in [0.25, 0.3) is 5.91 Å². The molecule has 10 nitrogen and oxygen atoms in total. The number of nitriles is 1. The minimum absolute atomic E-state index is 0.0796. The van der Waals surface area contributed by atoms with Crippen LogP contribution in [-0.2, 0) is 22.4 Å². The van der Waals surface area contributed by atoms with Gasteiger partial charge in [-0.1, -0.05) is 18.2 Å². The fourth-order valence-corrected chi connectivity index (χ4v) is 6.23. The minimum Gasteiger partial charge on any atom is -0.493 e. The Balaban J connectivity index is 1.50. The summed E-state index contributed by atoms with van der Waals surface area (Å²) in [6.07, 6.45) is 0.232. The molecule has 0 radical (unpaired) electrons. The van der Waals surface area contributed by atoms with Crippen LogP contribution in [0.1, 0.15) is 39.5 Å². The van der Waals surface area contributed by atoms with Crippen LogP contribution in [0.4, 0.5) is 4.79 Å². The lowest BCUT2D eigenvalue weighted by atomic mass is 9.90. The standard InChI is InChI=1S/C31H29I2N3O7/c1-40-27-16-19-11-13-36(25(10-12-34)21(19)17-28(27)41-2)31(39)43-26-9-8-18(14-23(26)33)15-24(30(38)42-3)35-29(37)20-6-4-5-7-22(20)32/h4-9,14,16-17,24-25H,10-11,13,15H2,1-3H3,(H,35,37)/t24-,25?/m0/s1. The van der Waals surface area contributed by atoms with Gasteiger partial charge in [-0.05, 0) is 105 Å². The zero-order valence-electron chi connectivity index (χ0n) is 23.7. The van der Waals surface area contributed by atoms with Crippen LogP contribution in [0.5, 0.6) is 17.2 Å². The lowest BCUT2D eigenvalue weighted by molar-refractivity contribution is -0.142. The third-order valence-corrected chi connectivity index (χ3v) is 8.85. The number of halogens is 2. The molecule has 3 aromatic rings. The van der Waals surface area contributed by atoms with Crippen molar-refractivity contribution in [2.45, 2.75) is 31.3 Å². The van der Waals surface area contributed by atoms with Crippen LogP contribution in [0.25, 0.3) is 0 Å². The molecule has 1 N–H and O–H groups in total. The molecule has 1 aliphatic heterocycles. The molecule has 1 heterocycles. The molecular formula is C31H29I2N3O7. The van der Waals surface area contributed by atoms with Gasteiger partial charge in [-0.15, -0.1) is 0 Å². The monoisotopic (exact) mass is 809 g/mol. The average molecular weight is 809 g/mol. The molecule has 224 valence electrons. The Morgan fingerprint density at radius 3 is 2.37 bits per heavy atom. The Morgan fingerprint density at radius 2 is 1.72 bits per heavy atom. The zero-order valence-corrected chi connectivity index (χ0v) is 28.0. The first-order valence-electron chi connectivity index (χ1n) is 13.2. The van der Waals surface area contributed by atoms with Crippen molar-refractivity contribution in [1.82, 2.24) is 10.2 Å². The molecule has 3 aromatic carbocycles. The Labute approximate surface area is 276 Å². The topological polar surface area (TPSA) is 127 Å². The first-order chi connectivity index (χ1) is 20.7. The van der Waals surface area contributed by atoms with Crippen molar-refractivity contribution in [3.8, 4) is 23.3 Å². The molecule has 2 atom stereocenters. The lowest BCUT2D eigenvalue weighted by Gasteiger charge is -2.35. The summed E-state index contributed by atoms with van der Waals surface area (Å²) < 4.78 is 23.0. The largest absolute Gasteiger partial charge is 0.493 e. The van der Waals surface area contributed by atoms with Gasteiger partial charge in [-0.3, -0.25) is 9.69 Å². The second kappa shape index (κ2) is 14.7. The van der Waals surface area contributed by atoms with Gasteiger partial charge in [0, 0.05) is 16.5 Å². The normalized spacial score (nSPS) is 14.5. The maximum atomic E-state index is 13.4. The number of nitrogens with zero attached hydrogens (tertiary/aromatic N) is 2. The van der Waals surface area contributed by atoms with Crippen molar-refractivity contribution in [2.24, 2.45) is 0 Å². The van der Waals surface area contributed by atoms with Gasteiger partial charge in [0.15, 0.2) is 11.5 Å². The fraction of sp³-hybridized carbons (Fsp3) is 0.290. The second-order valence-electron chi connectivity index (χ2n) is 9.59. The van der Waals surface area contributed by atoms with Gasteiger partial charge in [0.2, 0.25) is 0 Å². The fourth-order valence-electron chi connectivity index (χ4n) is 4.91. The molecule has 0 aliphatic carbocycles. The van der Waals surface area contributed by atoms with E-state index in [1.165, 1.54) is 14.2 Å². The summed E-state index contributed by atoms with van der Waals surface area (Å²) >= 11 is 4.13. The highest BCUT2D eigenvalue weighted by Gasteiger charge is 2.34. The van der Waals surface area contributed by atoms with E-state index < -0.39 is 24.1 Å². The van der Waals surface area contributed by atoms with Crippen molar-refractivity contribution in [3.05, 3.63) is 84.0 Å². The van der Waals surface area contributed by atoms with Crippen LogP contribution in [0.15, 0.2) is 54.6 Å². The first-order valence-corrected chi connectivity index (χ1v) is 15.4. The summed E-state index contributed by atoms with van der Waals surface area (Å²) in [5.74, 6) is 0.483. The van der Waals surface area contributed by atoms with E-state index in [0.29, 0.717) is 39.3 Å². The van der Waals surface area contributed by atoms with E-state index in [-0.39, 0.29) is 18.7 Å². The summed E-state index contributed by atoms with van der Waals surface area (Å²) in [7, 11) is 4.37. The van der Waals surface area contributed by atoms with Gasteiger partial charge in [-0.2, -0.15) is 5.26 Å². The van der Waals surface area contributed by atoms with Crippen molar-refractivity contribution >= 4 is 63.2 Å². The van der Waals surface area contributed by atoms with Crippen LogP contribution in [0, 0.1) is 18.5 Å². The third kappa shape index (κ3) is 7.50. The number of benzene rings is 3. The van der Waals surface area contributed by atoms with E-state index in [2.05, 4.69) is 56.6 Å². The van der Waals surface area contributed by atoms with Crippen LogP contribution in [0.3, 0.4) is 0 Å². The lowest BCUT2D eigenvalue weighted by Crippen LogP contribution is -2.43. The number of methoxy groups -OCH3 is 3.